The SMILES string of the molecule is O=C(c1ccc(Br)cc1Br)N1CCC(N2CCOCC2)C1. The van der Waals surface area contributed by atoms with Crippen molar-refractivity contribution >= 4 is 37.8 Å². The second-order valence-corrected chi connectivity index (χ2v) is 7.24. The minimum atomic E-state index is 0.116. The van der Waals surface area contributed by atoms with Crippen molar-refractivity contribution in [2.24, 2.45) is 0 Å². The van der Waals surface area contributed by atoms with Gasteiger partial charge in [-0.15, -0.1) is 0 Å². The Morgan fingerprint density at radius 2 is 1.95 bits per heavy atom. The van der Waals surface area contributed by atoms with E-state index >= 15 is 0 Å². The van der Waals surface area contributed by atoms with Gasteiger partial charge >= 0.3 is 0 Å². The molecular formula is C15H18Br2N2O2. The van der Waals surface area contributed by atoms with Crippen LogP contribution in [0.4, 0.5) is 0 Å². The fourth-order valence-corrected chi connectivity index (χ4v) is 4.22. The van der Waals surface area contributed by atoms with Gasteiger partial charge in [-0.1, -0.05) is 15.9 Å². The lowest BCUT2D eigenvalue weighted by Crippen LogP contribution is -2.45. The van der Waals surface area contributed by atoms with E-state index in [0.717, 1.165) is 60.3 Å². The highest BCUT2D eigenvalue weighted by Crippen LogP contribution is 2.25. The number of benzene rings is 1. The molecule has 0 aromatic heterocycles. The van der Waals surface area contributed by atoms with Crippen LogP contribution in [0, 0.1) is 0 Å². The molecule has 0 saturated carbocycles. The summed E-state index contributed by atoms with van der Waals surface area (Å²) in [4.78, 5) is 17.1. The number of nitrogens with zero attached hydrogens (tertiary/aromatic N) is 2. The lowest BCUT2D eigenvalue weighted by molar-refractivity contribution is 0.0185. The summed E-state index contributed by atoms with van der Waals surface area (Å²) >= 11 is 6.90. The van der Waals surface area contributed by atoms with Gasteiger partial charge in [-0.2, -0.15) is 0 Å². The van der Waals surface area contributed by atoms with Crippen LogP contribution in [-0.2, 0) is 4.74 Å². The van der Waals surface area contributed by atoms with Crippen LogP contribution in [-0.4, -0.2) is 61.1 Å². The summed E-state index contributed by atoms with van der Waals surface area (Å²) in [5.41, 5.74) is 0.737. The zero-order chi connectivity index (χ0) is 14.8. The fourth-order valence-electron chi connectivity index (χ4n) is 3.00. The van der Waals surface area contributed by atoms with Gasteiger partial charge in [0.05, 0.1) is 18.8 Å². The molecule has 114 valence electrons. The number of amides is 1. The third-order valence-electron chi connectivity index (χ3n) is 4.17. The van der Waals surface area contributed by atoms with E-state index in [2.05, 4.69) is 36.8 Å². The summed E-state index contributed by atoms with van der Waals surface area (Å²) in [6.45, 7) is 5.24. The second-order valence-electron chi connectivity index (χ2n) is 5.47. The smallest absolute Gasteiger partial charge is 0.255 e. The van der Waals surface area contributed by atoms with Gasteiger partial charge < -0.3 is 9.64 Å². The first-order valence-electron chi connectivity index (χ1n) is 7.21. The maximum Gasteiger partial charge on any atom is 0.255 e. The maximum absolute atomic E-state index is 12.6. The van der Waals surface area contributed by atoms with E-state index in [-0.39, 0.29) is 5.91 Å². The van der Waals surface area contributed by atoms with Gasteiger partial charge in [0.2, 0.25) is 0 Å². The third-order valence-corrected chi connectivity index (χ3v) is 5.32. The van der Waals surface area contributed by atoms with E-state index < -0.39 is 0 Å². The van der Waals surface area contributed by atoms with Crippen molar-refractivity contribution < 1.29 is 9.53 Å². The summed E-state index contributed by atoms with van der Waals surface area (Å²) in [6.07, 6.45) is 1.06. The summed E-state index contributed by atoms with van der Waals surface area (Å²) in [5.74, 6) is 0.116. The molecule has 0 radical (unpaired) electrons. The molecule has 2 aliphatic rings. The van der Waals surface area contributed by atoms with Gasteiger partial charge in [0, 0.05) is 41.2 Å². The van der Waals surface area contributed by atoms with Gasteiger partial charge in [0.15, 0.2) is 0 Å². The Balaban J connectivity index is 1.66. The average molecular weight is 418 g/mol. The summed E-state index contributed by atoms with van der Waals surface area (Å²) in [6, 6.07) is 6.18. The van der Waals surface area contributed by atoms with Crippen LogP contribution in [0.1, 0.15) is 16.8 Å². The molecule has 0 aliphatic carbocycles. The molecule has 21 heavy (non-hydrogen) atoms. The summed E-state index contributed by atoms with van der Waals surface area (Å²) in [7, 11) is 0. The van der Waals surface area contributed by atoms with Crippen molar-refractivity contribution in [1.29, 1.82) is 0 Å². The molecule has 0 spiro atoms. The van der Waals surface area contributed by atoms with Crippen LogP contribution in [0.25, 0.3) is 0 Å². The van der Waals surface area contributed by atoms with Crippen LogP contribution in [0.2, 0.25) is 0 Å². The van der Waals surface area contributed by atoms with Crippen molar-refractivity contribution in [2.75, 3.05) is 39.4 Å². The average Bonchev–Trinajstić information content (AvgIpc) is 2.97. The van der Waals surface area contributed by atoms with Crippen molar-refractivity contribution in [3.05, 3.63) is 32.7 Å². The highest BCUT2D eigenvalue weighted by Gasteiger charge is 2.32. The quantitative estimate of drug-likeness (QED) is 0.741. The van der Waals surface area contributed by atoms with Gasteiger partial charge in [0.1, 0.15) is 0 Å². The standard InChI is InChI=1S/C15H18Br2N2O2/c16-11-1-2-13(14(17)9-11)15(20)19-4-3-12(10-19)18-5-7-21-8-6-18/h1-2,9,12H,3-8,10H2. The molecule has 6 heteroatoms. The largest absolute Gasteiger partial charge is 0.379 e. The van der Waals surface area contributed by atoms with Crippen LogP contribution < -0.4 is 0 Å². The lowest BCUT2D eigenvalue weighted by atomic mass is 10.2. The fraction of sp³-hybridized carbons (Fsp3) is 0.533. The number of hydrogen-bond donors (Lipinski definition) is 0. The second kappa shape index (κ2) is 6.77. The van der Waals surface area contributed by atoms with E-state index in [1.54, 1.807) is 0 Å². The first-order valence-corrected chi connectivity index (χ1v) is 8.80. The van der Waals surface area contributed by atoms with Gasteiger partial charge in [0.25, 0.3) is 5.91 Å². The molecule has 2 saturated heterocycles. The summed E-state index contributed by atoms with van der Waals surface area (Å²) < 4.78 is 7.21. The van der Waals surface area contributed by atoms with Crippen molar-refractivity contribution in [3.8, 4) is 0 Å². The Labute approximate surface area is 141 Å². The number of rotatable bonds is 2. The van der Waals surface area contributed by atoms with Gasteiger partial charge in [-0.25, -0.2) is 0 Å². The topological polar surface area (TPSA) is 32.8 Å². The zero-order valence-corrected chi connectivity index (χ0v) is 14.9. The van der Waals surface area contributed by atoms with E-state index in [4.69, 9.17) is 4.74 Å². The molecule has 1 aromatic carbocycles. The third kappa shape index (κ3) is 3.50. The summed E-state index contributed by atoms with van der Waals surface area (Å²) in [5, 5.41) is 0. The highest BCUT2D eigenvalue weighted by atomic mass is 79.9. The van der Waals surface area contributed by atoms with Crippen molar-refractivity contribution in [3.63, 3.8) is 0 Å². The molecule has 2 aliphatic heterocycles. The molecule has 4 nitrogen and oxygen atoms in total. The first-order chi connectivity index (χ1) is 10.1. The number of carbonyl (C=O) groups excluding carboxylic acids is 1. The van der Waals surface area contributed by atoms with E-state index in [1.807, 2.05) is 23.1 Å². The van der Waals surface area contributed by atoms with Crippen LogP contribution >= 0.6 is 31.9 Å². The molecule has 1 amide bonds. The molecule has 1 aromatic rings. The molecule has 0 N–H and O–H groups in total. The maximum atomic E-state index is 12.6. The molecule has 3 rings (SSSR count). The van der Waals surface area contributed by atoms with Gasteiger partial charge in [-0.05, 0) is 40.5 Å². The van der Waals surface area contributed by atoms with Crippen LogP contribution in [0.15, 0.2) is 27.1 Å². The van der Waals surface area contributed by atoms with Crippen LogP contribution in [0.5, 0.6) is 0 Å². The number of hydrogen-bond acceptors (Lipinski definition) is 3. The van der Waals surface area contributed by atoms with Crippen molar-refractivity contribution in [2.45, 2.75) is 12.5 Å². The molecule has 2 heterocycles. The molecule has 1 atom stereocenters. The Morgan fingerprint density at radius 1 is 1.19 bits per heavy atom. The number of ether oxygens (including phenoxy) is 1. The Bertz CT molecular complexity index is 532. The predicted molar refractivity (Wildman–Crippen MR) is 88.5 cm³/mol. The minimum absolute atomic E-state index is 0.116. The zero-order valence-electron chi connectivity index (χ0n) is 11.7. The molecule has 2 fully saturated rings. The van der Waals surface area contributed by atoms with E-state index in [1.165, 1.54) is 0 Å². The van der Waals surface area contributed by atoms with E-state index in [0.29, 0.717) is 6.04 Å². The predicted octanol–water partition coefficient (Wildman–Crippen LogP) is 2.76. The number of likely N-dealkylation sites (tertiary alicyclic amines) is 1. The molecule has 1 unspecified atom stereocenters. The highest BCUT2D eigenvalue weighted by molar-refractivity contribution is 9.11. The minimum Gasteiger partial charge on any atom is -0.379 e. The number of halogens is 2. The molecular weight excluding hydrogens is 400 g/mol. The first kappa shape index (κ1) is 15.5. The number of carbonyl (C=O) groups is 1. The van der Waals surface area contributed by atoms with Crippen LogP contribution in [0.3, 0.4) is 0 Å². The number of morpholine rings is 1. The Morgan fingerprint density at radius 3 is 2.67 bits per heavy atom. The normalized spacial score (nSPS) is 23.5. The Kier molecular flexibility index (Phi) is 4.99. The van der Waals surface area contributed by atoms with Crippen molar-refractivity contribution in [1.82, 2.24) is 9.80 Å². The van der Waals surface area contributed by atoms with E-state index in [9.17, 15) is 4.79 Å². The molecule has 0 bridgehead atoms. The lowest BCUT2D eigenvalue weighted by Gasteiger charge is -2.32. The van der Waals surface area contributed by atoms with Gasteiger partial charge in [-0.3, -0.25) is 9.69 Å². The monoisotopic (exact) mass is 416 g/mol. The Hall–Kier alpha value is -0.430.